The number of benzene rings is 2. The van der Waals surface area contributed by atoms with Crippen LogP contribution in [0.5, 0.6) is 11.5 Å². The molecule has 0 fully saturated rings. The Balaban J connectivity index is 0.000000861. The fourth-order valence-corrected chi connectivity index (χ4v) is 1.56. The first kappa shape index (κ1) is 14.8. The highest BCUT2D eigenvalue weighted by atomic mass is 16.5. The Labute approximate surface area is 113 Å². The van der Waals surface area contributed by atoms with E-state index < -0.39 is 0 Å². The summed E-state index contributed by atoms with van der Waals surface area (Å²) < 4.78 is 5.02. The summed E-state index contributed by atoms with van der Waals surface area (Å²) in [7, 11) is 1.57. The summed E-state index contributed by atoms with van der Waals surface area (Å²) in [4.78, 5) is 12.1. The largest absolute Gasteiger partial charge is 0.507 e. The quantitative estimate of drug-likeness (QED) is 0.855. The summed E-state index contributed by atoms with van der Waals surface area (Å²) in [5, 5.41) is 9.60. The van der Waals surface area contributed by atoms with E-state index in [1.165, 1.54) is 6.07 Å². The average molecular weight is 258 g/mol. The van der Waals surface area contributed by atoms with Crippen LogP contribution in [-0.4, -0.2) is 18.0 Å². The van der Waals surface area contributed by atoms with Gasteiger partial charge in [-0.1, -0.05) is 26.0 Å². The van der Waals surface area contributed by atoms with Gasteiger partial charge in [-0.15, -0.1) is 0 Å². The van der Waals surface area contributed by atoms with Crippen molar-refractivity contribution in [3.05, 3.63) is 59.7 Å². The van der Waals surface area contributed by atoms with E-state index >= 15 is 0 Å². The van der Waals surface area contributed by atoms with Gasteiger partial charge in [0.25, 0.3) is 0 Å². The third-order valence-electron chi connectivity index (χ3n) is 2.50. The molecular formula is C16H18O3. The topological polar surface area (TPSA) is 46.5 Å². The summed E-state index contributed by atoms with van der Waals surface area (Å²) in [6.45, 7) is 4.00. The Kier molecular flexibility index (Phi) is 5.61. The van der Waals surface area contributed by atoms with E-state index in [1.54, 1.807) is 49.6 Å². The van der Waals surface area contributed by atoms with Gasteiger partial charge in [-0.25, -0.2) is 0 Å². The Morgan fingerprint density at radius 3 is 2.11 bits per heavy atom. The van der Waals surface area contributed by atoms with E-state index in [9.17, 15) is 9.90 Å². The maximum atomic E-state index is 12.1. The van der Waals surface area contributed by atoms with E-state index in [-0.39, 0.29) is 11.5 Å². The molecule has 100 valence electrons. The standard InChI is InChI=1S/C14H12O3.C2H6/c1-17-11-8-6-10(7-9-11)14(16)12-4-2-3-5-13(12)15;1-2/h2-9,15H,1H3;1-2H3. The predicted octanol–water partition coefficient (Wildman–Crippen LogP) is 3.66. The van der Waals surface area contributed by atoms with Gasteiger partial charge in [-0.05, 0) is 36.4 Å². The third-order valence-corrected chi connectivity index (χ3v) is 2.50. The molecule has 2 rings (SSSR count). The van der Waals surface area contributed by atoms with Crippen LogP contribution in [0.25, 0.3) is 0 Å². The van der Waals surface area contributed by atoms with E-state index in [0.29, 0.717) is 16.9 Å². The van der Waals surface area contributed by atoms with Gasteiger partial charge in [-0.2, -0.15) is 0 Å². The number of ketones is 1. The zero-order valence-electron chi connectivity index (χ0n) is 11.4. The van der Waals surface area contributed by atoms with E-state index in [2.05, 4.69) is 0 Å². The molecule has 0 amide bonds. The van der Waals surface area contributed by atoms with Crippen molar-refractivity contribution in [2.45, 2.75) is 13.8 Å². The first-order valence-corrected chi connectivity index (χ1v) is 6.19. The normalized spacial score (nSPS) is 9.21. The fourth-order valence-electron chi connectivity index (χ4n) is 1.56. The molecule has 0 atom stereocenters. The lowest BCUT2D eigenvalue weighted by atomic mass is 10.0. The lowest BCUT2D eigenvalue weighted by Gasteiger charge is -2.04. The molecule has 0 radical (unpaired) electrons. The van der Waals surface area contributed by atoms with Crippen LogP contribution in [-0.2, 0) is 0 Å². The number of phenols is 1. The Morgan fingerprint density at radius 1 is 1.00 bits per heavy atom. The minimum absolute atomic E-state index is 0.00619. The smallest absolute Gasteiger partial charge is 0.196 e. The second kappa shape index (κ2) is 7.21. The number of rotatable bonds is 3. The fraction of sp³-hybridized carbons (Fsp3) is 0.188. The Bertz CT molecular complexity index is 530. The van der Waals surface area contributed by atoms with E-state index in [4.69, 9.17) is 4.74 Å². The minimum Gasteiger partial charge on any atom is -0.507 e. The number of hydrogen-bond donors (Lipinski definition) is 1. The molecule has 2 aromatic carbocycles. The molecule has 19 heavy (non-hydrogen) atoms. The molecular weight excluding hydrogens is 240 g/mol. The molecule has 3 nitrogen and oxygen atoms in total. The SMILES string of the molecule is CC.COc1ccc(C(=O)c2ccccc2O)cc1. The highest BCUT2D eigenvalue weighted by Gasteiger charge is 2.12. The average Bonchev–Trinajstić information content (AvgIpc) is 2.49. The van der Waals surface area contributed by atoms with E-state index in [0.717, 1.165) is 0 Å². The molecule has 0 aliphatic carbocycles. The van der Waals surface area contributed by atoms with Gasteiger partial charge in [0.2, 0.25) is 0 Å². The third kappa shape index (κ3) is 3.58. The number of hydrogen-bond acceptors (Lipinski definition) is 3. The highest BCUT2D eigenvalue weighted by Crippen LogP contribution is 2.21. The van der Waals surface area contributed by atoms with Gasteiger partial charge in [-0.3, -0.25) is 4.79 Å². The second-order valence-electron chi connectivity index (χ2n) is 3.57. The molecule has 0 bridgehead atoms. The highest BCUT2D eigenvalue weighted by molar-refractivity contribution is 6.10. The van der Waals surface area contributed by atoms with Crippen molar-refractivity contribution >= 4 is 5.78 Å². The molecule has 0 unspecified atom stereocenters. The molecule has 0 heterocycles. The molecule has 0 aromatic heterocycles. The van der Waals surface area contributed by atoms with Crippen molar-refractivity contribution in [3.8, 4) is 11.5 Å². The van der Waals surface area contributed by atoms with Crippen LogP contribution in [0.4, 0.5) is 0 Å². The van der Waals surface area contributed by atoms with Crippen molar-refractivity contribution in [3.63, 3.8) is 0 Å². The number of para-hydroxylation sites is 1. The molecule has 0 aliphatic heterocycles. The van der Waals surface area contributed by atoms with Crippen molar-refractivity contribution in [1.29, 1.82) is 0 Å². The van der Waals surface area contributed by atoms with Crippen LogP contribution in [0.2, 0.25) is 0 Å². The molecule has 1 N–H and O–H groups in total. The van der Waals surface area contributed by atoms with Crippen LogP contribution in [0.3, 0.4) is 0 Å². The number of phenolic OH excluding ortho intramolecular Hbond substituents is 1. The number of aromatic hydroxyl groups is 1. The minimum atomic E-state index is -0.203. The number of ether oxygens (including phenoxy) is 1. The summed E-state index contributed by atoms with van der Waals surface area (Å²) in [6.07, 6.45) is 0. The second-order valence-corrected chi connectivity index (χ2v) is 3.57. The molecule has 0 aliphatic rings. The van der Waals surface area contributed by atoms with Gasteiger partial charge in [0, 0.05) is 5.56 Å². The van der Waals surface area contributed by atoms with Gasteiger partial charge in [0.1, 0.15) is 11.5 Å². The monoisotopic (exact) mass is 258 g/mol. The summed E-state index contributed by atoms with van der Waals surface area (Å²) in [5.41, 5.74) is 0.824. The zero-order valence-corrected chi connectivity index (χ0v) is 11.4. The van der Waals surface area contributed by atoms with Gasteiger partial charge in [0.15, 0.2) is 5.78 Å². The molecule has 0 saturated heterocycles. The molecule has 0 spiro atoms. The van der Waals surface area contributed by atoms with Crippen LogP contribution >= 0.6 is 0 Å². The van der Waals surface area contributed by atoms with Crippen LogP contribution in [0.15, 0.2) is 48.5 Å². The van der Waals surface area contributed by atoms with Gasteiger partial charge >= 0.3 is 0 Å². The maximum absolute atomic E-state index is 12.1. The first-order valence-electron chi connectivity index (χ1n) is 6.19. The molecule has 2 aromatic rings. The number of carbonyl (C=O) groups excluding carboxylic acids is 1. The van der Waals surface area contributed by atoms with Gasteiger partial charge in [0.05, 0.1) is 12.7 Å². The predicted molar refractivity (Wildman–Crippen MR) is 75.9 cm³/mol. The van der Waals surface area contributed by atoms with Gasteiger partial charge < -0.3 is 9.84 Å². The van der Waals surface area contributed by atoms with E-state index in [1.807, 2.05) is 13.8 Å². The number of carbonyl (C=O) groups is 1. The molecule has 0 saturated carbocycles. The zero-order chi connectivity index (χ0) is 14.3. The van der Waals surface area contributed by atoms with Crippen LogP contribution in [0.1, 0.15) is 29.8 Å². The lowest BCUT2D eigenvalue weighted by Crippen LogP contribution is -2.01. The first-order chi connectivity index (χ1) is 9.22. The summed E-state index contributed by atoms with van der Waals surface area (Å²) >= 11 is 0. The van der Waals surface area contributed by atoms with Crippen LogP contribution in [0, 0.1) is 0 Å². The van der Waals surface area contributed by atoms with Crippen molar-refractivity contribution in [1.82, 2.24) is 0 Å². The van der Waals surface area contributed by atoms with Crippen molar-refractivity contribution in [2.24, 2.45) is 0 Å². The summed E-state index contributed by atoms with van der Waals surface area (Å²) in [6, 6.07) is 13.3. The van der Waals surface area contributed by atoms with Crippen molar-refractivity contribution in [2.75, 3.05) is 7.11 Å². The Hall–Kier alpha value is -2.29. The molecule has 3 heteroatoms. The Morgan fingerprint density at radius 2 is 1.58 bits per heavy atom. The van der Waals surface area contributed by atoms with Crippen LogP contribution < -0.4 is 4.74 Å². The number of methoxy groups -OCH3 is 1. The maximum Gasteiger partial charge on any atom is 0.196 e. The summed E-state index contributed by atoms with van der Waals surface area (Å²) in [5.74, 6) is 0.484. The lowest BCUT2D eigenvalue weighted by molar-refractivity contribution is 0.103. The van der Waals surface area contributed by atoms with Crippen molar-refractivity contribution < 1.29 is 14.6 Å².